The molecular formula is C16H8Cl2F3N3O2S. The molecule has 0 aliphatic heterocycles. The lowest BCUT2D eigenvalue weighted by Crippen LogP contribution is -2.12. The number of thioether (sulfide) groups is 1. The first kappa shape index (κ1) is 19.5. The van der Waals surface area contributed by atoms with E-state index in [1.54, 1.807) is 12.1 Å². The van der Waals surface area contributed by atoms with Crippen LogP contribution in [0.5, 0.6) is 0 Å². The van der Waals surface area contributed by atoms with Gasteiger partial charge in [-0.2, -0.15) is 13.2 Å². The van der Waals surface area contributed by atoms with Crippen LogP contribution in [0.1, 0.15) is 10.4 Å². The fourth-order valence-corrected chi connectivity index (χ4v) is 3.05. The SMILES string of the molecule is O=C(Nc1nnc(-c2ccc(Cl)cc2Cl)o1)c1ccc(SC(F)(F)F)cc1. The van der Waals surface area contributed by atoms with E-state index in [2.05, 4.69) is 15.5 Å². The fourth-order valence-electron chi connectivity index (χ4n) is 2.02. The highest BCUT2D eigenvalue weighted by molar-refractivity contribution is 8.00. The van der Waals surface area contributed by atoms with Crippen molar-refractivity contribution in [2.75, 3.05) is 5.32 Å². The molecule has 3 rings (SSSR count). The summed E-state index contributed by atoms with van der Waals surface area (Å²) in [6, 6.07) is 9.40. The Morgan fingerprint density at radius 3 is 2.41 bits per heavy atom. The molecule has 0 radical (unpaired) electrons. The predicted molar refractivity (Wildman–Crippen MR) is 96.1 cm³/mol. The summed E-state index contributed by atoms with van der Waals surface area (Å²) >= 11 is 11.6. The van der Waals surface area contributed by atoms with Gasteiger partial charge in [0.2, 0.25) is 0 Å². The van der Waals surface area contributed by atoms with Crippen LogP contribution in [0.15, 0.2) is 51.8 Å². The third kappa shape index (κ3) is 5.15. The van der Waals surface area contributed by atoms with Crippen molar-refractivity contribution >= 4 is 46.9 Å². The van der Waals surface area contributed by atoms with Gasteiger partial charge in [0.25, 0.3) is 11.8 Å². The molecule has 0 saturated carbocycles. The molecule has 140 valence electrons. The predicted octanol–water partition coefficient (Wildman–Crippen LogP) is 5.91. The number of halogens is 5. The minimum atomic E-state index is -4.40. The summed E-state index contributed by atoms with van der Waals surface area (Å²) in [6.07, 6.45) is 0. The molecular weight excluding hydrogens is 426 g/mol. The average Bonchev–Trinajstić information content (AvgIpc) is 3.02. The number of nitrogens with one attached hydrogen (secondary N) is 1. The lowest BCUT2D eigenvalue weighted by Gasteiger charge is -2.06. The summed E-state index contributed by atoms with van der Waals surface area (Å²) in [7, 11) is 0. The zero-order valence-corrected chi connectivity index (χ0v) is 15.4. The van der Waals surface area contributed by atoms with E-state index >= 15 is 0 Å². The van der Waals surface area contributed by atoms with Crippen LogP contribution in [-0.2, 0) is 0 Å². The van der Waals surface area contributed by atoms with Crippen molar-refractivity contribution in [3.05, 3.63) is 58.1 Å². The molecule has 5 nitrogen and oxygen atoms in total. The molecule has 0 bridgehead atoms. The van der Waals surface area contributed by atoms with Crippen LogP contribution >= 0.6 is 35.0 Å². The Labute approximate surface area is 164 Å². The summed E-state index contributed by atoms with van der Waals surface area (Å²) < 4.78 is 42.3. The number of carbonyl (C=O) groups excluding carboxylic acids is 1. The molecule has 0 atom stereocenters. The Balaban J connectivity index is 1.71. The fraction of sp³-hybridized carbons (Fsp3) is 0.0625. The number of rotatable bonds is 4. The third-order valence-corrected chi connectivity index (χ3v) is 4.44. The monoisotopic (exact) mass is 433 g/mol. The molecule has 11 heteroatoms. The van der Waals surface area contributed by atoms with E-state index in [0.29, 0.717) is 15.6 Å². The summed E-state index contributed by atoms with van der Waals surface area (Å²) in [5, 5.41) is 10.6. The number of hydrogen-bond acceptors (Lipinski definition) is 5. The highest BCUT2D eigenvalue weighted by Gasteiger charge is 2.29. The van der Waals surface area contributed by atoms with Crippen molar-refractivity contribution in [2.45, 2.75) is 10.4 Å². The Kier molecular flexibility index (Phi) is 5.64. The Morgan fingerprint density at radius 2 is 1.78 bits per heavy atom. The third-order valence-electron chi connectivity index (χ3n) is 3.16. The Hall–Kier alpha value is -2.23. The van der Waals surface area contributed by atoms with Gasteiger partial charge in [-0.3, -0.25) is 10.1 Å². The van der Waals surface area contributed by atoms with Crippen LogP contribution in [0.3, 0.4) is 0 Å². The van der Waals surface area contributed by atoms with E-state index in [-0.39, 0.29) is 34.1 Å². The first-order chi connectivity index (χ1) is 12.7. The van der Waals surface area contributed by atoms with E-state index in [1.165, 1.54) is 30.3 Å². The number of nitrogens with zero attached hydrogens (tertiary/aromatic N) is 2. The van der Waals surface area contributed by atoms with Gasteiger partial charge in [-0.25, -0.2) is 0 Å². The Bertz CT molecular complexity index is 978. The number of carbonyl (C=O) groups is 1. The van der Waals surface area contributed by atoms with Crippen LogP contribution in [-0.4, -0.2) is 21.6 Å². The number of anilines is 1. The van der Waals surface area contributed by atoms with E-state index in [1.807, 2.05) is 0 Å². The minimum Gasteiger partial charge on any atom is -0.403 e. The number of alkyl halides is 3. The summed E-state index contributed by atoms with van der Waals surface area (Å²) in [5.74, 6) is -0.542. The van der Waals surface area contributed by atoms with Crippen molar-refractivity contribution in [3.63, 3.8) is 0 Å². The molecule has 0 saturated heterocycles. The van der Waals surface area contributed by atoms with Gasteiger partial charge >= 0.3 is 11.5 Å². The van der Waals surface area contributed by atoms with Crippen LogP contribution in [0, 0.1) is 0 Å². The highest BCUT2D eigenvalue weighted by atomic mass is 35.5. The van der Waals surface area contributed by atoms with Crippen molar-refractivity contribution in [2.24, 2.45) is 0 Å². The molecule has 0 spiro atoms. The Morgan fingerprint density at radius 1 is 1.07 bits per heavy atom. The smallest absolute Gasteiger partial charge is 0.403 e. The first-order valence-electron chi connectivity index (χ1n) is 7.17. The van der Waals surface area contributed by atoms with Crippen LogP contribution in [0.2, 0.25) is 10.0 Å². The van der Waals surface area contributed by atoms with E-state index < -0.39 is 11.4 Å². The molecule has 2 aromatic carbocycles. The number of hydrogen-bond donors (Lipinski definition) is 1. The zero-order chi connectivity index (χ0) is 19.6. The van der Waals surface area contributed by atoms with Gasteiger partial charge in [0.05, 0.1) is 10.6 Å². The first-order valence-corrected chi connectivity index (χ1v) is 8.74. The van der Waals surface area contributed by atoms with Crippen LogP contribution in [0.25, 0.3) is 11.5 Å². The largest absolute Gasteiger partial charge is 0.446 e. The second-order valence-corrected chi connectivity index (χ2v) is 7.04. The van der Waals surface area contributed by atoms with Gasteiger partial charge in [0.15, 0.2) is 0 Å². The van der Waals surface area contributed by atoms with Gasteiger partial charge in [-0.1, -0.05) is 28.3 Å². The topological polar surface area (TPSA) is 68.0 Å². The normalized spacial score (nSPS) is 11.4. The summed E-state index contributed by atoms with van der Waals surface area (Å²) in [5.41, 5.74) is -3.83. The van der Waals surface area contributed by atoms with Gasteiger partial charge in [-0.05, 0) is 54.2 Å². The van der Waals surface area contributed by atoms with Crippen LogP contribution < -0.4 is 5.32 Å². The highest BCUT2D eigenvalue weighted by Crippen LogP contribution is 2.36. The lowest BCUT2D eigenvalue weighted by molar-refractivity contribution is -0.0328. The molecule has 0 fully saturated rings. The number of aromatic nitrogens is 2. The van der Waals surface area contributed by atoms with E-state index in [9.17, 15) is 18.0 Å². The zero-order valence-electron chi connectivity index (χ0n) is 13.1. The summed E-state index contributed by atoms with van der Waals surface area (Å²) in [4.78, 5) is 12.1. The second kappa shape index (κ2) is 7.79. The molecule has 0 aliphatic carbocycles. The van der Waals surface area contributed by atoms with Gasteiger partial charge in [0, 0.05) is 15.5 Å². The average molecular weight is 434 g/mol. The maximum atomic E-state index is 12.3. The number of amides is 1. The quantitative estimate of drug-likeness (QED) is 0.518. The molecule has 27 heavy (non-hydrogen) atoms. The molecule has 1 heterocycles. The van der Waals surface area contributed by atoms with Crippen molar-refractivity contribution in [1.82, 2.24) is 10.2 Å². The molecule has 1 aromatic heterocycles. The molecule has 1 amide bonds. The van der Waals surface area contributed by atoms with Crippen molar-refractivity contribution < 1.29 is 22.4 Å². The second-order valence-electron chi connectivity index (χ2n) is 5.06. The van der Waals surface area contributed by atoms with E-state index in [4.69, 9.17) is 27.6 Å². The molecule has 1 N–H and O–H groups in total. The molecule has 0 aliphatic rings. The van der Waals surface area contributed by atoms with Crippen molar-refractivity contribution in [1.29, 1.82) is 0 Å². The summed E-state index contributed by atoms with van der Waals surface area (Å²) in [6.45, 7) is 0. The van der Waals surface area contributed by atoms with Gasteiger partial charge in [-0.15, -0.1) is 5.10 Å². The minimum absolute atomic E-state index is 0.0310. The molecule has 0 unspecified atom stereocenters. The number of benzene rings is 2. The lowest BCUT2D eigenvalue weighted by atomic mass is 10.2. The van der Waals surface area contributed by atoms with Gasteiger partial charge < -0.3 is 4.42 Å². The van der Waals surface area contributed by atoms with Gasteiger partial charge in [0.1, 0.15) is 0 Å². The maximum absolute atomic E-state index is 12.3. The standard InChI is InChI=1S/C16H8Cl2F3N3O2S/c17-9-3-6-11(12(18)7-9)14-23-24-15(26-14)22-13(25)8-1-4-10(5-2-8)27-16(19,20)21/h1-7H,(H,22,24,25). The molecule has 3 aromatic rings. The van der Waals surface area contributed by atoms with Crippen molar-refractivity contribution in [3.8, 4) is 11.5 Å². The van der Waals surface area contributed by atoms with E-state index in [0.717, 1.165) is 0 Å². The maximum Gasteiger partial charge on any atom is 0.446 e. The van der Waals surface area contributed by atoms with Crippen LogP contribution in [0.4, 0.5) is 19.2 Å².